The van der Waals surface area contributed by atoms with Gasteiger partial charge in [-0.15, -0.1) is 0 Å². The van der Waals surface area contributed by atoms with Crippen molar-refractivity contribution in [3.8, 4) is 0 Å². The number of hydrogen-bond acceptors (Lipinski definition) is 0. The number of halogens is 10. The number of alkyl halides is 10. The molecule has 0 aliphatic rings. The van der Waals surface area contributed by atoms with Gasteiger partial charge in [-0.2, -0.15) is 43.9 Å². The topological polar surface area (TPSA) is 0 Å². The van der Waals surface area contributed by atoms with E-state index in [0.717, 1.165) is 0 Å². The van der Waals surface area contributed by atoms with Crippen LogP contribution in [0.5, 0.6) is 0 Å². The van der Waals surface area contributed by atoms with Crippen LogP contribution in [0.4, 0.5) is 43.9 Å². The molecule has 0 saturated heterocycles. The molecule has 0 bridgehead atoms. The zero-order valence-corrected chi connectivity index (χ0v) is 16.7. The van der Waals surface area contributed by atoms with Gasteiger partial charge in [0.25, 0.3) is 0 Å². The molecule has 31 heavy (non-hydrogen) atoms. The van der Waals surface area contributed by atoms with Gasteiger partial charge < -0.3 is 0 Å². The Hall–Kier alpha value is -2.26. The molecule has 0 heterocycles. The molecule has 0 radical (unpaired) electrons. The van der Waals surface area contributed by atoms with Crippen LogP contribution in [0.25, 0.3) is 0 Å². The monoisotopic (exact) mass is 460 g/mol. The van der Waals surface area contributed by atoms with E-state index >= 15 is 0 Å². The highest BCUT2D eigenvalue weighted by Gasteiger charge is 2.86. The summed E-state index contributed by atoms with van der Waals surface area (Å²) in [6, 6.07) is 4.10. The van der Waals surface area contributed by atoms with E-state index in [4.69, 9.17) is 0 Å². The van der Waals surface area contributed by atoms with Crippen LogP contribution in [0.15, 0.2) is 36.4 Å². The molecule has 0 spiro atoms. The summed E-state index contributed by atoms with van der Waals surface area (Å²) >= 11 is 0. The van der Waals surface area contributed by atoms with Crippen molar-refractivity contribution >= 4 is 0 Å². The van der Waals surface area contributed by atoms with Crippen LogP contribution in [0.1, 0.15) is 33.4 Å². The van der Waals surface area contributed by atoms with E-state index in [9.17, 15) is 43.9 Å². The fraction of sp³-hybridized carbons (Fsp3) is 0.429. The van der Waals surface area contributed by atoms with Crippen molar-refractivity contribution in [3.63, 3.8) is 0 Å². The van der Waals surface area contributed by atoms with E-state index in [2.05, 4.69) is 0 Å². The lowest BCUT2D eigenvalue weighted by molar-refractivity contribution is -0.407. The van der Waals surface area contributed by atoms with E-state index in [1.165, 1.54) is 39.8 Å². The minimum absolute atomic E-state index is 0.0406. The number of rotatable bonds is 6. The van der Waals surface area contributed by atoms with Gasteiger partial charge in [-0.25, -0.2) is 0 Å². The Bertz CT molecular complexity index is 858. The second-order valence-corrected chi connectivity index (χ2v) is 7.62. The lowest BCUT2D eigenvalue weighted by atomic mass is 9.87. The van der Waals surface area contributed by atoms with Crippen molar-refractivity contribution in [1.82, 2.24) is 0 Å². The Labute approximate surface area is 171 Å². The first-order chi connectivity index (χ1) is 13.8. The molecule has 0 aromatic heterocycles. The van der Waals surface area contributed by atoms with Gasteiger partial charge in [-0.1, -0.05) is 34.4 Å². The summed E-state index contributed by atoms with van der Waals surface area (Å²) < 4.78 is 144. The molecular weight excluding hydrogens is 442 g/mol. The van der Waals surface area contributed by atoms with Crippen molar-refractivity contribution in [1.29, 1.82) is 0 Å². The average Bonchev–Trinajstić information content (AvgIpc) is 2.59. The van der Waals surface area contributed by atoms with E-state index in [0.29, 0.717) is 24.3 Å². The maximum Gasteiger partial charge on any atom is 0.385 e. The second kappa shape index (κ2) is 7.41. The fourth-order valence-corrected chi connectivity index (χ4v) is 3.27. The van der Waals surface area contributed by atoms with Crippen molar-refractivity contribution in [2.75, 3.05) is 0 Å². The second-order valence-electron chi connectivity index (χ2n) is 7.62. The molecule has 0 atom stereocenters. The molecule has 0 aliphatic carbocycles. The normalized spacial score (nSPS) is 14.1. The zero-order valence-electron chi connectivity index (χ0n) is 16.7. The van der Waals surface area contributed by atoms with Gasteiger partial charge in [0.1, 0.15) is 0 Å². The lowest BCUT2D eigenvalue weighted by Gasteiger charge is -2.39. The van der Waals surface area contributed by atoms with Crippen molar-refractivity contribution in [2.24, 2.45) is 0 Å². The first kappa shape index (κ1) is 25.0. The molecule has 2 aromatic rings. The van der Waals surface area contributed by atoms with E-state index in [1.807, 2.05) is 0 Å². The Morgan fingerprint density at radius 3 is 0.839 bits per heavy atom. The standard InChI is InChI=1S/C21H18F10/c1-11-5-12(2)8-15(7-11)17(22,23)19(26,27)21(30,31)20(28,29)18(24,25)16-9-13(3)6-14(4)10-16/h5-10H,1-4H3. The molecule has 0 nitrogen and oxygen atoms in total. The molecule has 172 valence electrons. The molecule has 0 amide bonds. The summed E-state index contributed by atoms with van der Waals surface area (Å²) in [6.45, 7) is 4.74. The summed E-state index contributed by atoms with van der Waals surface area (Å²) in [5, 5.41) is 0. The number of benzene rings is 2. The molecule has 0 aliphatic heterocycles. The van der Waals surface area contributed by atoms with Gasteiger partial charge in [0.05, 0.1) is 0 Å². The largest absolute Gasteiger partial charge is 0.385 e. The first-order valence-electron chi connectivity index (χ1n) is 8.85. The fourth-order valence-electron chi connectivity index (χ4n) is 3.27. The highest BCUT2D eigenvalue weighted by Crippen LogP contribution is 2.61. The van der Waals surface area contributed by atoms with Crippen LogP contribution in [-0.2, 0) is 11.8 Å². The molecule has 10 heteroatoms. The molecule has 0 fully saturated rings. The third-order valence-electron chi connectivity index (χ3n) is 4.75. The highest BCUT2D eigenvalue weighted by molar-refractivity contribution is 5.36. The molecule has 0 unspecified atom stereocenters. The Kier molecular flexibility index (Phi) is 5.98. The summed E-state index contributed by atoms with van der Waals surface area (Å²) in [4.78, 5) is 0. The smallest absolute Gasteiger partial charge is 0.194 e. The molecule has 0 N–H and O–H groups in total. The number of aryl methyl sites for hydroxylation is 4. The van der Waals surface area contributed by atoms with Crippen LogP contribution in [0, 0.1) is 27.7 Å². The first-order valence-corrected chi connectivity index (χ1v) is 8.85. The van der Waals surface area contributed by atoms with E-state index in [-0.39, 0.29) is 22.3 Å². The SMILES string of the molecule is Cc1cc(C)cc(C(F)(F)C(F)(F)C(F)(F)C(F)(F)C(F)(F)c2cc(C)cc(C)c2)c1. The minimum Gasteiger partial charge on any atom is -0.194 e. The summed E-state index contributed by atoms with van der Waals surface area (Å²) in [6.07, 6.45) is 0. The maximum absolute atomic E-state index is 14.4. The van der Waals surface area contributed by atoms with Crippen LogP contribution in [0.3, 0.4) is 0 Å². The Balaban J connectivity index is 2.65. The molecule has 0 saturated carbocycles. The quantitative estimate of drug-likeness (QED) is 0.388. The summed E-state index contributed by atoms with van der Waals surface area (Å²) in [5.74, 6) is -32.6. The van der Waals surface area contributed by atoms with Gasteiger partial charge in [0.2, 0.25) is 0 Å². The van der Waals surface area contributed by atoms with Gasteiger partial charge in [0.15, 0.2) is 0 Å². The van der Waals surface area contributed by atoms with Crippen LogP contribution in [-0.4, -0.2) is 17.8 Å². The van der Waals surface area contributed by atoms with Gasteiger partial charge >= 0.3 is 29.6 Å². The van der Waals surface area contributed by atoms with Gasteiger partial charge in [-0.05, 0) is 52.0 Å². The molecular formula is C21H18F10. The van der Waals surface area contributed by atoms with Gasteiger partial charge in [0, 0.05) is 11.1 Å². The van der Waals surface area contributed by atoms with E-state index < -0.39 is 40.7 Å². The predicted octanol–water partition coefficient (Wildman–Crippen LogP) is 7.71. The van der Waals surface area contributed by atoms with Crippen molar-refractivity contribution < 1.29 is 43.9 Å². The highest BCUT2D eigenvalue weighted by atomic mass is 19.4. The average molecular weight is 460 g/mol. The van der Waals surface area contributed by atoms with Crippen LogP contribution >= 0.6 is 0 Å². The summed E-state index contributed by atoms with van der Waals surface area (Å²) in [5.41, 5.74) is -3.55. The van der Waals surface area contributed by atoms with Crippen molar-refractivity contribution in [2.45, 2.75) is 57.3 Å². The Morgan fingerprint density at radius 2 is 0.613 bits per heavy atom. The van der Waals surface area contributed by atoms with Crippen LogP contribution in [0.2, 0.25) is 0 Å². The lowest BCUT2D eigenvalue weighted by Crippen LogP contribution is -2.65. The zero-order chi connectivity index (χ0) is 24.2. The number of hydrogen-bond donors (Lipinski definition) is 0. The molecule has 2 rings (SSSR count). The minimum atomic E-state index is -7.12. The Morgan fingerprint density at radius 1 is 0.387 bits per heavy atom. The maximum atomic E-state index is 14.4. The third kappa shape index (κ3) is 3.78. The third-order valence-corrected chi connectivity index (χ3v) is 4.75. The van der Waals surface area contributed by atoms with Crippen LogP contribution < -0.4 is 0 Å². The van der Waals surface area contributed by atoms with Crippen molar-refractivity contribution in [3.05, 3.63) is 69.8 Å². The molecule has 2 aromatic carbocycles. The predicted molar refractivity (Wildman–Crippen MR) is 94.5 cm³/mol. The van der Waals surface area contributed by atoms with E-state index in [1.54, 1.807) is 0 Å². The summed E-state index contributed by atoms with van der Waals surface area (Å²) in [7, 11) is 0. The van der Waals surface area contributed by atoms with Gasteiger partial charge in [-0.3, -0.25) is 0 Å².